The van der Waals surface area contributed by atoms with Crippen LogP contribution in [0.1, 0.15) is 22.3 Å². The van der Waals surface area contributed by atoms with Gasteiger partial charge in [0.15, 0.2) is 23.1 Å². The average molecular weight is 931 g/mol. The van der Waals surface area contributed by atoms with Crippen LogP contribution in [0.3, 0.4) is 0 Å². The monoisotopic (exact) mass is 930 g/mol. The molecule has 4 aromatic rings. The molecular weight excluding hydrogens is 886 g/mol. The minimum absolute atomic E-state index is 0. The molecule has 0 saturated carbocycles. The van der Waals surface area contributed by atoms with Gasteiger partial charge in [-0.05, 0) is 132 Å². The zero-order valence-electron chi connectivity index (χ0n) is 34.5. The smallest absolute Gasteiger partial charge is 0.187 e. The minimum Gasteiger partial charge on any atom is -0.361 e. The molecule has 8 nitrogen and oxygen atoms in total. The standard InChI is InChI=1S/2C27H22N2O2.2Co/c2*30-26-7-3-1-5-22(26)18-28-24-13-9-20(10-14-24)17-21-11-15-25(16-12-21)29-19-23-6-2-4-8-27(23)31;;/h2*1-16,18-19,28-29H,17H2;;. The van der Waals surface area contributed by atoms with E-state index >= 15 is 0 Å². The van der Waals surface area contributed by atoms with Crippen molar-refractivity contribution in [2.24, 2.45) is 0 Å². The maximum atomic E-state index is 11.8. The van der Waals surface area contributed by atoms with Crippen LogP contribution in [0.15, 0.2) is 241 Å². The van der Waals surface area contributed by atoms with Crippen molar-refractivity contribution in [3.8, 4) is 0 Å². The first kappa shape index (κ1) is 47.7. The molecule has 0 saturated heterocycles. The second-order valence-corrected chi connectivity index (χ2v) is 14.4. The van der Waals surface area contributed by atoms with Crippen molar-refractivity contribution in [1.29, 1.82) is 0 Å². The van der Waals surface area contributed by atoms with Gasteiger partial charge in [0.2, 0.25) is 0 Å². The van der Waals surface area contributed by atoms with Crippen molar-refractivity contribution in [1.82, 2.24) is 0 Å². The first-order chi connectivity index (χ1) is 30.3. The molecule has 10 heteroatoms. The fourth-order valence-electron chi connectivity index (χ4n) is 6.39. The summed E-state index contributed by atoms with van der Waals surface area (Å²) in [4.78, 5) is 47.0. The number of nitrogens with one attached hydrogen (secondary N) is 4. The topological polar surface area (TPSA) is 116 Å². The number of ketones is 4. The van der Waals surface area contributed by atoms with Gasteiger partial charge in [0.25, 0.3) is 0 Å². The summed E-state index contributed by atoms with van der Waals surface area (Å²) in [5.41, 5.74) is 11.1. The molecule has 2 radical (unpaired) electrons. The Kier molecular flexibility index (Phi) is 18.1. The molecule has 0 aliphatic heterocycles. The third-order valence-corrected chi connectivity index (χ3v) is 9.89. The number of allylic oxidation sites excluding steroid dienone is 20. The molecule has 4 N–H and O–H groups in total. The Morgan fingerprint density at radius 1 is 0.281 bits per heavy atom. The van der Waals surface area contributed by atoms with E-state index in [1.165, 1.54) is 22.3 Å². The van der Waals surface area contributed by atoms with E-state index in [0.717, 1.165) is 35.6 Å². The van der Waals surface area contributed by atoms with Crippen LogP contribution >= 0.6 is 0 Å². The molecule has 4 aromatic carbocycles. The van der Waals surface area contributed by atoms with Crippen molar-refractivity contribution in [3.05, 3.63) is 264 Å². The molecule has 8 rings (SSSR count). The zero-order chi connectivity index (χ0) is 42.9. The van der Waals surface area contributed by atoms with Gasteiger partial charge < -0.3 is 21.3 Å². The number of carbonyl (C=O) groups is 4. The molecule has 0 aromatic heterocycles. The molecule has 0 spiro atoms. The predicted octanol–water partition coefficient (Wildman–Crippen LogP) is 10.5. The van der Waals surface area contributed by atoms with E-state index in [4.69, 9.17) is 0 Å². The van der Waals surface area contributed by atoms with Gasteiger partial charge in [0, 0.05) is 103 Å². The summed E-state index contributed by atoms with van der Waals surface area (Å²) in [6.45, 7) is 0. The van der Waals surface area contributed by atoms with E-state index in [-0.39, 0.29) is 56.7 Å². The van der Waals surface area contributed by atoms with Crippen LogP contribution < -0.4 is 21.3 Å². The summed E-state index contributed by atoms with van der Waals surface area (Å²) < 4.78 is 0. The van der Waals surface area contributed by atoms with E-state index in [1.807, 2.05) is 72.8 Å². The molecule has 0 atom stereocenters. The molecule has 0 bridgehead atoms. The van der Waals surface area contributed by atoms with Crippen LogP contribution in [0.25, 0.3) is 0 Å². The maximum absolute atomic E-state index is 11.8. The van der Waals surface area contributed by atoms with Crippen molar-refractivity contribution >= 4 is 45.9 Å². The Hall–Kier alpha value is -7.35. The Bertz CT molecular complexity index is 2330. The zero-order valence-corrected chi connectivity index (χ0v) is 36.6. The molecule has 0 amide bonds. The normalized spacial score (nSPS) is 17.0. The van der Waals surface area contributed by atoms with Crippen molar-refractivity contribution in [3.63, 3.8) is 0 Å². The third-order valence-electron chi connectivity index (χ3n) is 9.89. The van der Waals surface area contributed by atoms with Crippen molar-refractivity contribution in [2.75, 3.05) is 21.3 Å². The second kappa shape index (κ2) is 24.3. The number of rotatable bonds is 12. The summed E-state index contributed by atoms with van der Waals surface area (Å²) in [5.74, 6) is -0.00225. The first-order valence-corrected chi connectivity index (χ1v) is 20.1. The summed E-state index contributed by atoms with van der Waals surface area (Å²) >= 11 is 0. The predicted molar refractivity (Wildman–Crippen MR) is 251 cm³/mol. The molecular formula is C54H44Co2N4O4. The quantitative estimate of drug-likeness (QED) is 0.104. The van der Waals surface area contributed by atoms with Gasteiger partial charge in [-0.25, -0.2) is 0 Å². The van der Waals surface area contributed by atoms with E-state index < -0.39 is 0 Å². The van der Waals surface area contributed by atoms with E-state index in [2.05, 4.69) is 69.8 Å². The summed E-state index contributed by atoms with van der Waals surface area (Å²) in [6.07, 6.45) is 36.3. The van der Waals surface area contributed by atoms with Crippen LogP contribution in [0, 0.1) is 0 Å². The number of anilines is 4. The van der Waals surface area contributed by atoms with Gasteiger partial charge >= 0.3 is 0 Å². The Labute approximate surface area is 394 Å². The van der Waals surface area contributed by atoms with E-state index in [0.29, 0.717) is 22.3 Å². The number of hydrogen-bond acceptors (Lipinski definition) is 8. The molecule has 322 valence electrons. The number of hydrogen-bond donors (Lipinski definition) is 4. The summed E-state index contributed by atoms with van der Waals surface area (Å²) in [7, 11) is 0. The Morgan fingerprint density at radius 2 is 0.469 bits per heavy atom. The van der Waals surface area contributed by atoms with Crippen molar-refractivity contribution in [2.45, 2.75) is 12.8 Å². The van der Waals surface area contributed by atoms with E-state index in [1.54, 1.807) is 97.7 Å². The van der Waals surface area contributed by atoms with Crippen LogP contribution in [0.5, 0.6) is 0 Å². The maximum Gasteiger partial charge on any atom is 0.187 e. The minimum atomic E-state index is -0.000562. The number of benzene rings is 4. The first-order valence-electron chi connectivity index (χ1n) is 20.1. The molecule has 4 aliphatic rings. The number of carbonyl (C=O) groups excluding carboxylic acids is 4. The van der Waals surface area contributed by atoms with Crippen LogP contribution in [0.4, 0.5) is 22.7 Å². The van der Waals surface area contributed by atoms with Gasteiger partial charge in [0.1, 0.15) is 0 Å². The van der Waals surface area contributed by atoms with Crippen LogP contribution in [-0.2, 0) is 65.6 Å². The van der Waals surface area contributed by atoms with Crippen molar-refractivity contribution < 1.29 is 52.7 Å². The van der Waals surface area contributed by atoms with Gasteiger partial charge in [-0.1, -0.05) is 97.1 Å². The van der Waals surface area contributed by atoms with Gasteiger partial charge in [-0.3, -0.25) is 19.2 Å². The molecule has 0 heterocycles. The van der Waals surface area contributed by atoms with Gasteiger partial charge in [-0.15, -0.1) is 0 Å². The summed E-state index contributed by atoms with van der Waals surface area (Å²) in [5, 5.41) is 12.7. The average Bonchev–Trinajstić information content (AvgIpc) is 3.30. The Balaban J connectivity index is 0.000000234. The molecule has 0 fully saturated rings. The largest absolute Gasteiger partial charge is 0.361 e. The third kappa shape index (κ3) is 14.4. The Morgan fingerprint density at radius 3 is 0.656 bits per heavy atom. The van der Waals surface area contributed by atoms with Gasteiger partial charge in [0.05, 0.1) is 0 Å². The fourth-order valence-corrected chi connectivity index (χ4v) is 6.39. The van der Waals surface area contributed by atoms with Gasteiger partial charge in [-0.2, -0.15) is 0 Å². The fraction of sp³-hybridized carbons (Fsp3) is 0.0370. The molecule has 4 aliphatic carbocycles. The SMILES string of the molecule is O=C1C=CC=CC1=CNc1ccc(Cc2ccc(NC=C3C=CC=CC3=O)cc2)cc1.O=C1C=CC=CC1=CNc1ccc(Cc2ccc(NC=C3C=CC=CC3=O)cc2)cc1.[Co].[Co]. The van der Waals surface area contributed by atoms with E-state index in [9.17, 15) is 19.2 Å². The molecule has 0 unspecified atom stereocenters. The second-order valence-electron chi connectivity index (χ2n) is 14.4. The molecule has 64 heavy (non-hydrogen) atoms. The van der Waals surface area contributed by atoms with Crippen LogP contribution in [0.2, 0.25) is 0 Å². The summed E-state index contributed by atoms with van der Waals surface area (Å²) in [6, 6.07) is 32.6. The van der Waals surface area contributed by atoms with Crippen LogP contribution in [-0.4, -0.2) is 23.1 Å².